The van der Waals surface area contributed by atoms with Crippen LogP contribution in [-0.2, 0) is 0 Å². The Labute approximate surface area is 113 Å². The Balaban J connectivity index is 2.05. The van der Waals surface area contributed by atoms with Crippen molar-refractivity contribution >= 4 is 17.4 Å². The molecule has 1 heterocycles. The monoisotopic (exact) mass is 263 g/mol. The van der Waals surface area contributed by atoms with Crippen molar-refractivity contribution in [2.75, 3.05) is 11.9 Å². The molecule has 1 fully saturated rings. The number of nitrogens with zero attached hydrogens (tertiary/aromatic N) is 2. The summed E-state index contributed by atoms with van der Waals surface area (Å²) in [6.07, 6.45) is 0. The molecule has 18 heavy (non-hydrogen) atoms. The highest BCUT2D eigenvalue weighted by Gasteiger charge is 2.64. The van der Waals surface area contributed by atoms with Gasteiger partial charge in [0.2, 0.25) is 0 Å². The van der Waals surface area contributed by atoms with Gasteiger partial charge in [-0.25, -0.2) is 4.98 Å². The van der Waals surface area contributed by atoms with Gasteiger partial charge in [0.1, 0.15) is 11.0 Å². The van der Waals surface area contributed by atoms with Crippen LogP contribution in [0.2, 0.25) is 5.15 Å². The van der Waals surface area contributed by atoms with E-state index < -0.39 is 0 Å². The molecule has 1 saturated carbocycles. The molecule has 3 nitrogen and oxygen atoms in total. The largest absolute Gasteiger partial charge is 0.370 e. The number of hydrogen-bond donors (Lipinski definition) is 1. The molecule has 1 aliphatic rings. The summed E-state index contributed by atoms with van der Waals surface area (Å²) in [5.74, 6) is 1.29. The van der Waals surface area contributed by atoms with E-state index in [2.05, 4.69) is 44.1 Å². The number of nitriles is 1. The smallest absolute Gasteiger partial charge is 0.132 e. The first-order chi connectivity index (χ1) is 8.29. The molecule has 96 valence electrons. The second-order valence-electron chi connectivity index (χ2n) is 6.05. The van der Waals surface area contributed by atoms with E-state index in [9.17, 15) is 0 Å². The summed E-state index contributed by atoms with van der Waals surface area (Å²) in [4.78, 5) is 4.18. The summed E-state index contributed by atoms with van der Waals surface area (Å²) >= 11 is 5.87. The van der Waals surface area contributed by atoms with Gasteiger partial charge in [-0.05, 0) is 28.9 Å². The van der Waals surface area contributed by atoms with Crippen LogP contribution in [0.1, 0.15) is 33.3 Å². The van der Waals surface area contributed by atoms with Crippen LogP contribution < -0.4 is 5.32 Å². The van der Waals surface area contributed by atoms with Gasteiger partial charge < -0.3 is 5.32 Å². The third-order valence-electron chi connectivity index (χ3n) is 4.73. The van der Waals surface area contributed by atoms with Crippen LogP contribution >= 0.6 is 11.6 Å². The second-order valence-corrected chi connectivity index (χ2v) is 6.44. The fourth-order valence-electron chi connectivity index (χ4n) is 2.70. The first-order valence-electron chi connectivity index (χ1n) is 6.10. The van der Waals surface area contributed by atoms with Gasteiger partial charge in [0.05, 0.1) is 11.6 Å². The molecular weight excluding hydrogens is 246 g/mol. The molecular formula is C14H18ClN3. The topological polar surface area (TPSA) is 48.7 Å². The average molecular weight is 264 g/mol. The van der Waals surface area contributed by atoms with Gasteiger partial charge in [0.15, 0.2) is 0 Å². The van der Waals surface area contributed by atoms with E-state index in [1.165, 1.54) is 0 Å². The lowest BCUT2D eigenvalue weighted by Crippen LogP contribution is -2.09. The number of nitrogens with one attached hydrogen (secondary N) is 1. The van der Waals surface area contributed by atoms with Gasteiger partial charge in [0, 0.05) is 6.54 Å². The predicted molar refractivity (Wildman–Crippen MR) is 73.5 cm³/mol. The molecule has 4 heteroatoms. The average Bonchev–Trinajstić information content (AvgIpc) is 2.66. The van der Waals surface area contributed by atoms with Crippen LogP contribution in [0, 0.1) is 28.1 Å². The Hall–Kier alpha value is -1.27. The minimum absolute atomic E-state index is 0.344. The van der Waals surface area contributed by atoms with E-state index in [1.54, 1.807) is 12.1 Å². The van der Waals surface area contributed by atoms with Crippen LogP contribution in [0.25, 0.3) is 0 Å². The van der Waals surface area contributed by atoms with Crippen LogP contribution in [0.4, 0.5) is 5.82 Å². The molecule has 0 atom stereocenters. The Bertz CT molecular complexity index is 500. The highest BCUT2D eigenvalue weighted by Crippen LogP contribution is 2.68. The minimum Gasteiger partial charge on any atom is -0.370 e. The zero-order valence-electron chi connectivity index (χ0n) is 11.2. The maximum absolute atomic E-state index is 8.88. The van der Waals surface area contributed by atoms with E-state index in [0.29, 0.717) is 33.3 Å². The molecule has 0 radical (unpaired) electrons. The fraction of sp³-hybridized carbons (Fsp3) is 0.571. The van der Waals surface area contributed by atoms with Crippen molar-refractivity contribution in [3.63, 3.8) is 0 Å². The van der Waals surface area contributed by atoms with Crippen molar-refractivity contribution in [3.8, 4) is 6.07 Å². The Kier molecular flexibility index (Phi) is 3.03. The van der Waals surface area contributed by atoms with Gasteiger partial charge in [-0.2, -0.15) is 5.26 Å². The third kappa shape index (κ3) is 2.06. The second kappa shape index (κ2) is 4.13. The van der Waals surface area contributed by atoms with Crippen molar-refractivity contribution in [1.82, 2.24) is 4.98 Å². The predicted octanol–water partition coefficient (Wildman–Crippen LogP) is 3.70. The summed E-state index contributed by atoms with van der Waals surface area (Å²) in [6, 6.07) is 5.38. The summed E-state index contributed by atoms with van der Waals surface area (Å²) < 4.78 is 0. The van der Waals surface area contributed by atoms with Crippen LogP contribution in [-0.4, -0.2) is 11.5 Å². The van der Waals surface area contributed by atoms with Crippen molar-refractivity contribution in [2.24, 2.45) is 16.7 Å². The Morgan fingerprint density at radius 1 is 1.33 bits per heavy atom. The molecule has 0 unspecified atom stereocenters. The molecule has 0 amide bonds. The molecule has 1 aliphatic carbocycles. The van der Waals surface area contributed by atoms with Gasteiger partial charge in [-0.3, -0.25) is 0 Å². The zero-order chi connectivity index (χ0) is 13.6. The van der Waals surface area contributed by atoms with Crippen molar-refractivity contribution in [2.45, 2.75) is 27.7 Å². The summed E-state index contributed by atoms with van der Waals surface area (Å²) in [5, 5.41) is 12.5. The van der Waals surface area contributed by atoms with Crippen LogP contribution in [0.5, 0.6) is 0 Å². The van der Waals surface area contributed by atoms with E-state index in [-0.39, 0.29) is 0 Å². The van der Waals surface area contributed by atoms with Gasteiger partial charge in [-0.15, -0.1) is 0 Å². The third-order valence-corrected chi connectivity index (χ3v) is 4.92. The molecule has 1 N–H and O–H groups in total. The van der Waals surface area contributed by atoms with Crippen molar-refractivity contribution in [3.05, 3.63) is 22.8 Å². The van der Waals surface area contributed by atoms with Crippen molar-refractivity contribution < 1.29 is 0 Å². The number of aromatic nitrogens is 1. The summed E-state index contributed by atoms with van der Waals surface area (Å²) in [6.45, 7) is 9.99. The van der Waals surface area contributed by atoms with Gasteiger partial charge in [0.25, 0.3) is 0 Å². The lowest BCUT2D eigenvalue weighted by Gasteiger charge is -2.07. The molecule has 0 saturated heterocycles. The quantitative estimate of drug-likeness (QED) is 0.846. The number of anilines is 1. The highest BCUT2D eigenvalue weighted by atomic mass is 35.5. The van der Waals surface area contributed by atoms with E-state index in [1.807, 2.05) is 0 Å². The molecule has 1 aromatic heterocycles. The number of hydrogen-bond acceptors (Lipinski definition) is 3. The van der Waals surface area contributed by atoms with Gasteiger partial charge in [-0.1, -0.05) is 39.3 Å². The summed E-state index contributed by atoms with van der Waals surface area (Å²) in [7, 11) is 0. The molecule has 1 aromatic rings. The van der Waals surface area contributed by atoms with Crippen molar-refractivity contribution in [1.29, 1.82) is 5.26 Å². The molecule has 0 bridgehead atoms. The van der Waals surface area contributed by atoms with Crippen LogP contribution in [0.3, 0.4) is 0 Å². The molecule has 0 spiro atoms. The van der Waals surface area contributed by atoms with Gasteiger partial charge >= 0.3 is 0 Å². The Morgan fingerprint density at radius 2 is 1.94 bits per heavy atom. The summed E-state index contributed by atoms with van der Waals surface area (Å²) in [5.41, 5.74) is 1.22. The van der Waals surface area contributed by atoms with E-state index in [0.717, 1.165) is 6.54 Å². The Morgan fingerprint density at radius 3 is 2.44 bits per heavy atom. The normalized spacial score (nSPS) is 20.2. The lowest BCUT2D eigenvalue weighted by atomic mass is 10.0. The number of halogens is 1. The first-order valence-corrected chi connectivity index (χ1v) is 6.48. The molecule has 0 aliphatic heterocycles. The number of pyridine rings is 1. The minimum atomic E-state index is 0.344. The zero-order valence-corrected chi connectivity index (χ0v) is 12.0. The lowest BCUT2D eigenvalue weighted by molar-refractivity contribution is 0.457. The molecule has 0 aromatic carbocycles. The van der Waals surface area contributed by atoms with Crippen LogP contribution in [0.15, 0.2) is 12.1 Å². The number of rotatable bonds is 3. The maximum Gasteiger partial charge on any atom is 0.132 e. The van der Waals surface area contributed by atoms with E-state index >= 15 is 0 Å². The SMILES string of the molecule is CC1(C)C(CNc2cc(C#N)cc(Cl)n2)C1(C)C. The first kappa shape index (κ1) is 13.2. The van der Waals surface area contributed by atoms with E-state index in [4.69, 9.17) is 16.9 Å². The highest BCUT2D eigenvalue weighted by molar-refractivity contribution is 6.29. The maximum atomic E-state index is 8.88. The fourth-order valence-corrected chi connectivity index (χ4v) is 2.91. The molecule has 2 rings (SSSR count). The standard InChI is InChI=1S/C14H18ClN3/c1-13(2)10(14(13,3)4)8-17-12-6-9(7-16)5-11(15)18-12/h5-6,10H,8H2,1-4H3,(H,17,18).